The molecular weight excluding hydrogens is 416 g/mol. The number of hydrogen-bond acceptors (Lipinski definition) is 4. The Kier molecular flexibility index (Phi) is 8.00. The summed E-state index contributed by atoms with van der Waals surface area (Å²) in [5.41, 5.74) is 1.96. The van der Waals surface area contributed by atoms with Gasteiger partial charge in [0.1, 0.15) is 5.01 Å². The SMILES string of the molecule is CCNC(=NCc1nc(C(C)(C)C)cs1)NC1CCN(Cc2ccc(F)c(F)c2)CC1. The normalized spacial score (nSPS) is 16.5. The molecule has 1 aromatic carbocycles. The highest BCUT2D eigenvalue weighted by Gasteiger charge is 2.21. The Morgan fingerprint density at radius 3 is 2.58 bits per heavy atom. The molecule has 2 aromatic rings. The van der Waals surface area contributed by atoms with Crippen LogP contribution in [0.25, 0.3) is 0 Å². The van der Waals surface area contributed by atoms with Crippen LogP contribution in [0.3, 0.4) is 0 Å². The number of halogens is 2. The summed E-state index contributed by atoms with van der Waals surface area (Å²) in [6.07, 6.45) is 1.94. The molecule has 0 amide bonds. The van der Waals surface area contributed by atoms with E-state index in [1.807, 2.05) is 0 Å². The van der Waals surface area contributed by atoms with Gasteiger partial charge in [0.2, 0.25) is 0 Å². The lowest BCUT2D eigenvalue weighted by atomic mass is 9.93. The van der Waals surface area contributed by atoms with Crippen LogP contribution < -0.4 is 10.6 Å². The average Bonchev–Trinajstić information content (AvgIpc) is 3.20. The standard InChI is InChI=1S/C23H33F2N5S/c1-5-26-22(27-13-21-29-20(15-31-21)23(2,3)4)28-17-8-10-30(11-9-17)14-16-6-7-18(24)19(25)12-16/h6-7,12,15,17H,5,8-11,13-14H2,1-4H3,(H2,26,27,28). The number of rotatable bonds is 6. The maximum Gasteiger partial charge on any atom is 0.191 e. The van der Waals surface area contributed by atoms with Crippen LogP contribution in [0.5, 0.6) is 0 Å². The lowest BCUT2D eigenvalue weighted by molar-refractivity contribution is 0.198. The van der Waals surface area contributed by atoms with Crippen molar-refractivity contribution in [2.45, 2.75) is 65.1 Å². The molecule has 0 bridgehead atoms. The van der Waals surface area contributed by atoms with Gasteiger partial charge in [-0.05, 0) is 37.5 Å². The smallest absolute Gasteiger partial charge is 0.191 e. The molecule has 1 saturated heterocycles. The van der Waals surface area contributed by atoms with E-state index < -0.39 is 11.6 Å². The fraction of sp³-hybridized carbons (Fsp3) is 0.565. The van der Waals surface area contributed by atoms with Crippen molar-refractivity contribution in [3.05, 3.63) is 51.5 Å². The zero-order chi connectivity index (χ0) is 22.4. The second kappa shape index (κ2) is 10.5. The molecule has 1 aromatic heterocycles. The minimum absolute atomic E-state index is 0.0505. The van der Waals surface area contributed by atoms with E-state index in [4.69, 9.17) is 9.98 Å². The summed E-state index contributed by atoms with van der Waals surface area (Å²) in [4.78, 5) is 11.7. The molecule has 5 nitrogen and oxygen atoms in total. The summed E-state index contributed by atoms with van der Waals surface area (Å²) in [7, 11) is 0. The van der Waals surface area contributed by atoms with E-state index in [1.54, 1.807) is 17.4 Å². The van der Waals surface area contributed by atoms with Crippen LogP contribution in [-0.4, -0.2) is 41.5 Å². The maximum atomic E-state index is 13.4. The van der Waals surface area contributed by atoms with Crippen molar-refractivity contribution in [1.29, 1.82) is 0 Å². The molecule has 31 heavy (non-hydrogen) atoms. The van der Waals surface area contributed by atoms with Gasteiger partial charge in [-0.1, -0.05) is 26.8 Å². The van der Waals surface area contributed by atoms with Crippen LogP contribution in [0.2, 0.25) is 0 Å². The molecule has 1 aliphatic rings. The number of thiazole rings is 1. The van der Waals surface area contributed by atoms with E-state index >= 15 is 0 Å². The van der Waals surface area contributed by atoms with Gasteiger partial charge in [-0.2, -0.15) is 0 Å². The lowest BCUT2D eigenvalue weighted by Crippen LogP contribution is -2.48. The average molecular weight is 450 g/mol. The quantitative estimate of drug-likeness (QED) is 0.506. The van der Waals surface area contributed by atoms with E-state index in [1.165, 1.54) is 12.1 Å². The zero-order valence-electron chi connectivity index (χ0n) is 18.8. The van der Waals surface area contributed by atoms with Crippen molar-refractivity contribution in [1.82, 2.24) is 20.5 Å². The van der Waals surface area contributed by atoms with Crippen LogP contribution in [-0.2, 0) is 18.5 Å². The first-order chi connectivity index (χ1) is 14.7. The van der Waals surface area contributed by atoms with Gasteiger partial charge in [0.05, 0.1) is 12.2 Å². The Morgan fingerprint density at radius 2 is 1.97 bits per heavy atom. The van der Waals surface area contributed by atoms with E-state index in [9.17, 15) is 8.78 Å². The predicted octanol–water partition coefficient (Wildman–Crippen LogP) is 4.44. The van der Waals surface area contributed by atoms with Gasteiger partial charge in [0, 0.05) is 43.0 Å². The summed E-state index contributed by atoms with van der Waals surface area (Å²) in [6, 6.07) is 4.48. The van der Waals surface area contributed by atoms with Crippen LogP contribution in [0.4, 0.5) is 8.78 Å². The molecule has 8 heteroatoms. The van der Waals surface area contributed by atoms with Gasteiger partial charge in [-0.25, -0.2) is 18.8 Å². The largest absolute Gasteiger partial charge is 0.357 e. The molecule has 0 atom stereocenters. The number of piperidine rings is 1. The van der Waals surface area contributed by atoms with Gasteiger partial charge < -0.3 is 10.6 Å². The van der Waals surface area contributed by atoms with Crippen molar-refractivity contribution in [3.63, 3.8) is 0 Å². The topological polar surface area (TPSA) is 52.6 Å². The molecule has 0 radical (unpaired) electrons. The first kappa shape index (κ1) is 23.6. The second-order valence-corrected chi connectivity index (χ2v) is 9.96. The highest BCUT2D eigenvalue weighted by Crippen LogP contribution is 2.24. The number of benzene rings is 1. The summed E-state index contributed by atoms with van der Waals surface area (Å²) >= 11 is 1.65. The maximum absolute atomic E-state index is 13.4. The molecule has 0 aliphatic carbocycles. The molecule has 170 valence electrons. The highest BCUT2D eigenvalue weighted by molar-refractivity contribution is 7.09. The van der Waals surface area contributed by atoms with Crippen molar-refractivity contribution in [2.75, 3.05) is 19.6 Å². The number of nitrogens with one attached hydrogen (secondary N) is 2. The van der Waals surface area contributed by atoms with Crippen molar-refractivity contribution >= 4 is 17.3 Å². The number of likely N-dealkylation sites (tertiary alicyclic amines) is 1. The number of aromatic nitrogens is 1. The van der Waals surface area contributed by atoms with Gasteiger partial charge in [0.15, 0.2) is 17.6 Å². The van der Waals surface area contributed by atoms with Gasteiger partial charge >= 0.3 is 0 Å². The molecular formula is C23H33F2N5S. The number of aliphatic imine (C=N–C) groups is 1. The predicted molar refractivity (Wildman–Crippen MR) is 123 cm³/mol. The summed E-state index contributed by atoms with van der Waals surface area (Å²) < 4.78 is 26.6. The summed E-state index contributed by atoms with van der Waals surface area (Å²) in [5, 5.41) is 10.0. The molecule has 1 fully saturated rings. The van der Waals surface area contributed by atoms with Crippen LogP contribution >= 0.6 is 11.3 Å². The summed E-state index contributed by atoms with van der Waals surface area (Å²) in [6.45, 7) is 12.4. The zero-order valence-corrected chi connectivity index (χ0v) is 19.7. The fourth-order valence-electron chi connectivity index (χ4n) is 3.52. The van der Waals surface area contributed by atoms with Gasteiger partial charge in [-0.3, -0.25) is 4.90 Å². The molecule has 2 N–H and O–H groups in total. The van der Waals surface area contributed by atoms with E-state index in [0.717, 1.165) is 54.7 Å². The van der Waals surface area contributed by atoms with Gasteiger partial charge in [-0.15, -0.1) is 11.3 Å². The highest BCUT2D eigenvalue weighted by atomic mass is 32.1. The summed E-state index contributed by atoms with van der Waals surface area (Å²) in [5.74, 6) is -0.765. The molecule has 1 aliphatic heterocycles. The Bertz CT molecular complexity index is 882. The van der Waals surface area contributed by atoms with E-state index in [2.05, 4.69) is 48.6 Å². The Hall–Kier alpha value is -2.06. The fourth-order valence-corrected chi connectivity index (χ4v) is 4.46. The third-order valence-electron chi connectivity index (χ3n) is 5.36. The van der Waals surface area contributed by atoms with Crippen LogP contribution in [0.1, 0.15) is 56.8 Å². The van der Waals surface area contributed by atoms with Crippen molar-refractivity contribution in [2.24, 2.45) is 4.99 Å². The molecule has 3 rings (SSSR count). The number of guanidine groups is 1. The Labute approximate surface area is 188 Å². The lowest BCUT2D eigenvalue weighted by Gasteiger charge is -2.33. The first-order valence-corrected chi connectivity index (χ1v) is 11.8. The Morgan fingerprint density at radius 1 is 1.23 bits per heavy atom. The van der Waals surface area contributed by atoms with E-state index in [0.29, 0.717) is 19.1 Å². The van der Waals surface area contributed by atoms with Crippen molar-refractivity contribution in [3.8, 4) is 0 Å². The molecule has 0 saturated carbocycles. The first-order valence-electron chi connectivity index (χ1n) is 10.9. The van der Waals surface area contributed by atoms with Crippen LogP contribution in [0.15, 0.2) is 28.6 Å². The van der Waals surface area contributed by atoms with Gasteiger partial charge in [0.25, 0.3) is 0 Å². The second-order valence-electron chi connectivity index (χ2n) is 9.01. The third kappa shape index (κ3) is 6.97. The molecule has 2 heterocycles. The third-order valence-corrected chi connectivity index (χ3v) is 6.19. The van der Waals surface area contributed by atoms with Crippen LogP contribution in [0, 0.1) is 11.6 Å². The monoisotopic (exact) mass is 449 g/mol. The number of nitrogens with zero attached hydrogens (tertiary/aromatic N) is 3. The molecule has 0 unspecified atom stereocenters. The number of hydrogen-bond donors (Lipinski definition) is 2. The molecule has 0 spiro atoms. The Balaban J connectivity index is 1.51. The van der Waals surface area contributed by atoms with E-state index in [-0.39, 0.29) is 5.41 Å². The minimum Gasteiger partial charge on any atom is -0.357 e. The minimum atomic E-state index is -0.797. The van der Waals surface area contributed by atoms with Crippen molar-refractivity contribution < 1.29 is 8.78 Å².